The van der Waals surface area contributed by atoms with Crippen molar-refractivity contribution in [2.24, 2.45) is 5.73 Å². The highest BCUT2D eigenvalue weighted by molar-refractivity contribution is 7.77. The second kappa shape index (κ2) is 14.0. The average molecular weight is 567 g/mol. The summed E-state index contributed by atoms with van der Waals surface area (Å²) < 4.78 is 0. The van der Waals surface area contributed by atoms with Gasteiger partial charge in [0, 0.05) is 11.6 Å². The molecule has 2 nitrogen and oxygen atoms in total. The number of hydrogen-bond donors (Lipinski definition) is 2. The van der Waals surface area contributed by atoms with Gasteiger partial charge in [-0.05, 0) is 71.6 Å². The summed E-state index contributed by atoms with van der Waals surface area (Å²) in [5.41, 5.74) is 14.4. The highest BCUT2D eigenvalue weighted by Gasteiger charge is 2.22. The molecular weight excluding hydrogens is 527 g/mol. The van der Waals surface area contributed by atoms with E-state index < -0.39 is 7.92 Å². The number of nitrogens with one attached hydrogen (secondary N) is 1. The molecule has 2 atom stereocenters. The van der Waals surface area contributed by atoms with Crippen LogP contribution in [0.3, 0.4) is 0 Å². The Labute approximate surface area is 252 Å². The van der Waals surface area contributed by atoms with E-state index in [0.29, 0.717) is 0 Å². The van der Waals surface area contributed by atoms with E-state index in [1.807, 2.05) is 26.0 Å². The first-order valence-corrected chi connectivity index (χ1v) is 16.1. The van der Waals surface area contributed by atoms with Gasteiger partial charge in [0.15, 0.2) is 0 Å². The van der Waals surface area contributed by atoms with Crippen molar-refractivity contribution in [2.75, 3.05) is 0 Å². The molecule has 2 unspecified atom stereocenters. The molecule has 2 aliphatic carbocycles. The van der Waals surface area contributed by atoms with E-state index in [1.165, 1.54) is 38.2 Å². The lowest BCUT2D eigenvalue weighted by Gasteiger charge is -2.27. The molecule has 4 aromatic rings. The Hall–Kier alpha value is -4.39. The Bertz CT molecular complexity index is 1660. The van der Waals surface area contributed by atoms with E-state index in [-0.39, 0.29) is 6.04 Å². The van der Waals surface area contributed by atoms with E-state index in [1.54, 1.807) is 0 Å². The molecule has 0 saturated carbocycles. The average Bonchev–Trinajstić information content (AvgIpc) is 3.07. The molecule has 0 spiro atoms. The normalized spacial score (nSPS) is 19.6. The van der Waals surface area contributed by atoms with Crippen LogP contribution in [0.5, 0.6) is 0 Å². The minimum absolute atomic E-state index is 0.158. The van der Waals surface area contributed by atoms with Crippen molar-refractivity contribution in [3.63, 3.8) is 0 Å². The number of allylic oxidation sites excluding steroid dienone is 5. The molecule has 0 aromatic heterocycles. The lowest BCUT2D eigenvalue weighted by molar-refractivity contribution is 0.714. The summed E-state index contributed by atoms with van der Waals surface area (Å²) in [6.45, 7) is 6.17. The highest BCUT2D eigenvalue weighted by atomic mass is 31.1. The van der Waals surface area contributed by atoms with Crippen molar-refractivity contribution < 1.29 is 0 Å². The topological polar surface area (TPSA) is 38.0 Å². The van der Waals surface area contributed by atoms with Gasteiger partial charge in [-0.15, -0.1) is 0 Å². The summed E-state index contributed by atoms with van der Waals surface area (Å²) in [5.74, 6) is 0. The second-order valence-corrected chi connectivity index (χ2v) is 12.4. The molecule has 0 heterocycles. The van der Waals surface area contributed by atoms with Crippen LogP contribution in [-0.2, 0) is 0 Å². The predicted octanol–water partition coefficient (Wildman–Crippen LogP) is 8.83. The van der Waals surface area contributed by atoms with E-state index >= 15 is 0 Å². The number of rotatable bonds is 6. The molecule has 2 aliphatic rings. The van der Waals surface area contributed by atoms with Gasteiger partial charge in [0.25, 0.3) is 0 Å². The molecule has 3 N–H and O–H groups in total. The minimum Gasteiger partial charge on any atom is -0.397 e. The Morgan fingerprint density at radius 3 is 2.12 bits per heavy atom. The molecule has 0 fully saturated rings. The quantitative estimate of drug-likeness (QED) is 0.229. The Morgan fingerprint density at radius 2 is 1.38 bits per heavy atom. The van der Waals surface area contributed by atoms with E-state index in [9.17, 15) is 0 Å². The summed E-state index contributed by atoms with van der Waals surface area (Å²) in [7, 11) is -0.688. The molecule has 0 aliphatic heterocycles. The molecule has 0 amide bonds. The molecule has 42 heavy (non-hydrogen) atoms. The minimum atomic E-state index is -0.688. The van der Waals surface area contributed by atoms with Gasteiger partial charge in [-0.25, -0.2) is 0 Å². The summed E-state index contributed by atoms with van der Waals surface area (Å²) >= 11 is 0. The number of benzene rings is 4. The SMILES string of the molecule is CC.Cc1c2cccc1\C(NC1C=CC(P(c3ccccc3)c3cccc(-c4ccccc4)c3)=CC1)=C(N)/C=C\C=C/2. The van der Waals surface area contributed by atoms with Crippen molar-refractivity contribution in [3.05, 3.63) is 167 Å². The fraction of sp³-hybridized carbons (Fsp3) is 0.128. The maximum atomic E-state index is 6.60. The van der Waals surface area contributed by atoms with Crippen LogP contribution in [0.4, 0.5) is 0 Å². The first kappa shape index (κ1) is 29.1. The monoisotopic (exact) mass is 566 g/mol. The Morgan fingerprint density at radius 1 is 0.714 bits per heavy atom. The van der Waals surface area contributed by atoms with E-state index in [2.05, 4.69) is 146 Å². The van der Waals surface area contributed by atoms with Crippen LogP contribution in [0.1, 0.15) is 37.0 Å². The van der Waals surface area contributed by atoms with Crippen LogP contribution >= 0.6 is 7.92 Å². The Balaban J connectivity index is 0.00000173. The molecule has 3 heteroatoms. The van der Waals surface area contributed by atoms with E-state index in [0.717, 1.165) is 23.4 Å². The van der Waals surface area contributed by atoms with Gasteiger partial charge in [0.05, 0.1) is 11.4 Å². The summed E-state index contributed by atoms with van der Waals surface area (Å²) in [5, 5.41) is 7.87. The largest absolute Gasteiger partial charge is 0.397 e. The third-order valence-electron chi connectivity index (χ3n) is 7.49. The smallest absolute Gasteiger partial charge is 0.0655 e. The van der Waals surface area contributed by atoms with Crippen LogP contribution in [0, 0.1) is 6.92 Å². The van der Waals surface area contributed by atoms with Gasteiger partial charge < -0.3 is 11.1 Å². The summed E-state index contributed by atoms with van der Waals surface area (Å²) in [4.78, 5) is 0. The molecular formula is C39H39N2P. The fourth-order valence-electron chi connectivity index (χ4n) is 5.37. The van der Waals surface area contributed by atoms with Crippen molar-refractivity contribution in [3.8, 4) is 11.1 Å². The first-order chi connectivity index (χ1) is 20.7. The van der Waals surface area contributed by atoms with Crippen molar-refractivity contribution >= 4 is 30.3 Å². The Kier molecular flexibility index (Phi) is 9.70. The van der Waals surface area contributed by atoms with Crippen LogP contribution in [0.25, 0.3) is 22.9 Å². The number of fused-ring (bicyclic) bond motifs is 2. The molecule has 0 saturated heterocycles. The second-order valence-electron chi connectivity index (χ2n) is 10.1. The molecule has 4 aromatic carbocycles. The van der Waals surface area contributed by atoms with Gasteiger partial charge >= 0.3 is 0 Å². The van der Waals surface area contributed by atoms with Crippen LogP contribution in [-0.4, -0.2) is 6.04 Å². The van der Waals surface area contributed by atoms with Gasteiger partial charge in [0.1, 0.15) is 0 Å². The maximum Gasteiger partial charge on any atom is 0.0655 e. The van der Waals surface area contributed by atoms with Gasteiger partial charge in [-0.1, -0.05) is 147 Å². The molecule has 0 radical (unpaired) electrons. The van der Waals surface area contributed by atoms with Gasteiger partial charge in [0.2, 0.25) is 0 Å². The van der Waals surface area contributed by atoms with Crippen molar-refractivity contribution in [2.45, 2.75) is 33.2 Å². The van der Waals surface area contributed by atoms with Gasteiger partial charge in [-0.3, -0.25) is 0 Å². The standard InChI is InChI=1S/C37H33N2P.C2H6/c1-27-28-12-8-9-21-36(38)37(35(27)20-11-15-28)39-31-22-24-33(25-23-31)40(32-17-6-3-7-18-32)34-19-10-16-30(26-34)29-13-4-2-5-14-29;1-2/h2-22,24-26,31,39H,23,38H2,1H3;1-2H3/b12-8-,21-9-,37-36-;. The fourth-order valence-corrected chi connectivity index (χ4v) is 7.76. The third-order valence-corrected chi connectivity index (χ3v) is 9.95. The highest BCUT2D eigenvalue weighted by Crippen LogP contribution is 2.45. The van der Waals surface area contributed by atoms with Crippen LogP contribution in [0.15, 0.2) is 151 Å². The maximum absolute atomic E-state index is 6.60. The van der Waals surface area contributed by atoms with Crippen molar-refractivity contribution in [1.82, 2.24) is 5.32 Å². The first-order valence-electron chi connectivity index (χ1n) is 14.8. The van der Waals surface area contributed by atoms with Crippen LogP contribution < -0.4 is 21.7 Å². The zero-order valence-corrected chi connectivity index (χ0v) is 25.6. The lowest BCUT2D eigenvalue weighted by atomic mass is 9.98. The van der Waals surface area contributed by atoms with Gasteiger partial charge in [-0.2, -0.15) is 0 Å². The van der Waals surface area contributed by atoms with Crippen LogP contribution in [0.2, 0.25) is 0 Å². The zero-order chi connectivity index (χ0) is 29.3. The molecule has 210 valence electrons. The van der Waals surface area contributed by atoms with Crippen molar-refractivity contribution in [1.29, 1.82) is 0 Å². The zero-order valence-electron chi connectivity index (χ0n) is 24.7. The summed E-state index contributed by atoms with van der Waals surface area (Å²) in [6, 6.07) is 37.2. The third kappa shape index (κ3) is 6.56. The number of nitrogens with two attached hydrogens (primary N) is 1. The lowest BCUT2D eigenvalue weighted by Crippen LogP contribution is -2.29. The van der Waals surface area contributed by atoms with E-state index in [4.69, 9.17) is 5.73 Å². The summed E-state index contributed by atoms with van der Waals surface area (Å²) in [6.07, 6.45) is 16.1. The molecule has 6 rings (SSSR count). The predicted molar refractivity (Wildman–Crippen MR) is 185 cm³/mol. The molecule has 2 bridgehead atoms. The number of hydrogen-bond acceptors (Lipinski definition) is 2.